The molecule has 0 saturated heterocycles. The Morgan fingerprint density at radius 3 is 2.84 bits per heavy atom. The zero-order chi connectivity index (χ0) is 13.8. The van der Waals surface area contributed by atoms with Gasteiger partial charge in [0.2, 0.25) is 5.91 Å². The molecular formula is C13H12ClN3O2. The Hall–Kier alpha value is -2.14. The molecule has 0 atom stereocenters. The van der Waals surface area contributed by atoms with Crippen LogP contribution in [-0.2, 0) is 11.3 Å². The first-order chi connectivity index (χ1) is 9.06. The summed E-state index contributed by atoms with van der Waals surface area (Å²) in [4.78, 5) is 27.4. The average Bonchev–Trinajstić information content (AvgIpc) is 2.36. The fourth-order valence-corrected chi connectivity index (χ4v) is 1.73. The van der Waals surface area contributed by atoms with Crippen LogP contribution < -0.4 is 10.9 Å². The second-order valence-corrected chi connectivity index (χ2v) is 4.43. The normalized spacial score (nSPS) is 10.2. The number of aryl methyl sites for hydroxylation is 1. The third kappa shape index (κ3) is 3.42. The molecule has 5 nitrogen and oxygen atoms in total. The van der Waals surface area contributed by atoms with Crippen LogP contribution in [0.4, 0.5) is 5.69 Å². The molecule has 0 radical (unpaired) electrons. The van der Waals surface area contributed by atoms with Crippen LogP contribution in [-0.4, -0.2) is 15.5 Å². The molecule has 98 valence electrons. The predicted molar refractivity (Wildman–Crippen MR) is 73.3 cm³/mol. The highest BCUT2D eigenvalue weighted by molar-refractivity contribution is 6.33. The number of para-hydroxylation sites is 1. The predicted octanol–water partition coefficient (Wildman–Crippen LogP) is 1.84. The van der Waals surface area contributed by atoms with Gasteiger partial charge >= 0.3 is 0 Å². The van der Waals surface area contributed by atoms with Gasteiger partial charge in [0, 0.05) is 11.8 Å². The minimum absolute atomic E-state index is 0.0999. The van der Waals surface area contributed by atoms with Gasteiger partial charge in [-0.1, -0.05) is 23.7 Å². The molecule has 0 aliphatic heterocycles. The molecule has 0 bridgehead atoms. The van der Waals surface area contributed by atoms with Crippen molar-refractivity contribution in [1.29, 1.82) is 0 Å². The molecule has 0 aliphatic carbocycles. The molecule has 0 fully saturated rings. The lowest BCUT2D eigenvalue weighted by atomic mass is 10.3. The molecule has 6 heteroatoms. The number of aromatic nitrogens is 2. The Morgan fingerprint density at radius 2 is 2.16 bits per heavy atom. The molecule has 0 saturated carbocycles. The van der Waals surface area contributed by atoms with Gasteiger partial charge in [-0.15, -0.1) is 0 Å². The minimum Gasteiger partial charge on any atom is -0.323 e. The van der Waals surface area contributed by atoms with Crippen molar-refractivity contribution in [3.05, 3.63) is 57.7 Å². The highest BCUT2D eigenvalue weighted by Crippen LogP contribution is 2.20. The number of nitrogens with one attached hydrogen (secondary N) is 1. The molecule has 1 heterocycles. The molecule has 1 aromatic carbocycles. The van der Waals surface area contributed by atoms with E-state index in [4.69, 9.17) is 11.6 Å². The van der Waals surface area contributed by atoms with E-state index >= 15 is 0 Å². The summed E-state index contributed by atoms with van der Waals surface area (Å²) in [5.41, 5.74) is 0.872. The van der Waals surface area contributed by atoms with E-state index in [1.165, 1.54) is 17.0 Å². The molecule has 19 heavy (non-hydrogen) atoms. The lowest BCUT2D eigenvalue weighted by molar-refractivity contribution is -0.116. The Bertz CT molecular complexity index is 667. The second-order valence-electron chi connectivity index (χ2n) is 4.02. The van der Waals surface area contributed by atoms with E-state index in [2.05, 4.69) is 10.3 Å². The Balaban J connectivity index is 2.10. The summed E-state index contributed by atoms with van der Waals surface area (Å²) < 4.78 is 1.24. The van der Waals surface area contributed by atoms with Crippen molar-refractivity contribution in [3.8, 4) is 0 Å². The van der Waals surface area contributed by atoms with Crippen LogP contribution in [0.2, 0.25) is 5.02 Å². The lowest BCUT2D eigenvalue weighted by Gasteiger charge is -2.08. The average molecular weight is 278 g/mol. The minimum atomic E-state index is -0.333. The highest BCUT2D eigenvalue weighted by atomic mass is 35.5. The van der Waals surface area contributed by atoms with E-state index < -0.39 is 0 Å². The molecule has 1 aromatic heterocycles. The standard InChI is InChI=1S/C13H12ClN3O2/c1-9-6-13(19)17(8-15-9)7-12(18)16-11-5-3-2-4-10(11)14/h2-6,8H,7H2,1H3,(H,16,18). The molecule has 0 aliphatic rings. The van der Waals surface area contributed by atoms with Gasteiger partial charge in [-0.2, -0.15) is 0 Å². The first-order valence-electron chi connectivity index (χ1n) is 5.64. The number of rotatable bonds is 3. The van der Waals surface area contributed by atoms with Crippen LogP contribution in [0.15, 0.2) is 41.5 Å². The maximum atomic E-state index is 11.8. The molecule has 0 spiro atoms. The number of halogens is 1. The number of amides is 1. The SMILES string of the molecule is Cc1cc(=O)n(CC(=O)Nc2ccccc2Cl)cn1. The van der Waals surface area contributed by atoms with Gasteiger partial charge in [-0.25, -0.2) is 4.98 Å². The van der Waals surface area contributed by atoms with Crippen molar-refractivity contribution in [2.24, 2.45) is 0 Å². The summed E-state index contributed by atoms with van der Waals surface area (Å²) in [5, 5.41) is 3.09. The monoisotopic (exact) mass is 277 g/mol. The Kier molecular flexibility index (Phi) is 3.97. The smallest absolute Gasteiger partial charge is 0.253 e. The van der Waals surface area contributed by atoms with Gasteiger partial charge in [-0.3, -0.25) is 14.2 Å². The van der Waals surface area contributed by atoms with Crippen molar-refractivity contribution in [1.82, 2.24) is 9.55 Å². The highest BCUT2D eigenvalue weighted by Gasteiger charge is 2.07. The molecule has 1 N–H and O–H groups in total. The van der Waals surface area contributed by atoms with E-state index in [1.54, 1.807) is 31.2 Å². The van der Waals surface area contributed by atoms with Crippen LogP contribution in [0.3, 0.4) is 0 Å². The maximum Gasteiger partial charge on any atom is 0.253 e. The summed E-state index contributed by atoms with van der Waals surface area (Å²) in [5.74, 6) is -0.333. The lowest BCUT2D eigenvalue weighted by Crippen LogP contribution is -2.27. The fraction of sp³-hybridized carbons (Fsp3) is 0.154. The molecule has 2 rings (SSSR count). The molecule has 1 amide bonds. The number of hydrogen-bond acceptors (Lipinski definition) is 3. The largest absolute Gasteiger partial charge is 0.323 e. The third-order valence-electron chi connectivity index (χ3n) is 2.48. The topological polar surface area (TPSA) is 64.0 Å². The van der Waals surface area contributed by atoms with Crippen LogP contribution in [0.5, 0.6) is 0 Å². The van der Waals surface area contributed by atoms with E-state index in [0.717, 1.165) is 0 Å². The van der Waals surface area contributed by atoms with Crippen molar-refractivity contribution < 1.29 is 4.79 Å². The summed E-state index contributed by atoms with van der Waals surface area (Å²) in [6, 6.07) is 8.28. The Labute approximate surface area is 114 Å². The van der Waals surface area contributed by atoms with Crippen molar-refractivity contribution in [2.45, 2.75) is 13.5 Å². The second kappa shape index (κ2) is 5.67. The van der Waals surface area contributed by atoms with Gasteiger partial charge in [0.05, 0.1) is 17.0 Å². The quantitative estimate of drug-likeness (QED) is 0.931. The van der Waals surface area contributed by atoms with Crippen LogP contribution in [0, 0.1) is 6.92 Å². The van der Waals surface area contributed by atoms with Gasteiger partial charge in [0.25, 0.3) is 5.56 Å². The summed E-state index contributed by atoms with van der Waals surface area (Å²) in [7, 11) is 0. The number of benzene rings is 1. The van der Waals surface area contributed by atoms with Gasteiger partial charge < -0.3 is 5.32 Å². The number of nitrogens with zero attached hydrogens (tertiary/aromatic N) is 2. The maximum absolute atomic E-state index is 11.8. The van der Waals surface area contributed by atoms with Gasteiger partial charge in [0.1, 0.15) is 6.54 Å². The first kappa shape index (κ1) is 13.3. The molecule has 0 unspecified atom stereocenters. The van der Waals surface area contributed by atoms with Crippen molar-refractivity contribution in [3.63, 3.8) is 0 Å². The zero-order valence-electron chi connectivity index (χ0n) is 10.3. The number of carbonyl (C=O) groups is 1. The van der Waals surface area contributed by atoms with Crippen LogP contribution in [0.25, 0.3) is 0 Å². The van der Waals surface area contributed by atoms with E-state index in [9.17, 15) is 9.59 Å². The molecular weight excluding hydrogens is 266 g/mol. The summed E-state index contributed by atoms with van der Waals surface area (Å²) >= 11 is 5.93. The van der Waals surface area contributed by atoms with Gasteiger partial charge in [0.15, 0.2) is 0 Å². The zero-order valence-corrected chi connectivity index (χ0v) is 11.0. The number of hydrogen-bond donors (Lipinski definition) is 1. The van der Waals surface area contributed by atoms with Crippen LogP contribution in [0.1, 0.15) is 5.69 Å². The van der Waals surface area contributed by atoms with Crippen molar-refractivity contribution in [2.75, 3.05) is 5.32 Å². The Morgan fingerprint density at radius 1 is 1.42 bits per heavy atom. The number of carbonyl (C=O) groups excluding carboxylic acids is 1. The van der Waals surface area contributed by atoms with Gasteiger partial charge in [-0.05, 0) is 19.1 Å². The number of anilines is 1. The fourth-order valence-electron chi connectivity index (χ4n) is 1.54. The van der Waals surface area contributed by atoms with E-state index in [0.29, 0.717) is 16.4 Å². The first-order valence-corrected chi connectivity index (χ1v) is 6.01. The summed E-state index contributed by atoms with van der Waals surface area (Å²) in [6.07, 6.45) is 1.35. The summed E-state index contributed by atoms with van der Waals surface area (Å²) in [6.45, 7) is 1.62. The van der Waals surface area contributed by atoms with Crippen LogP contribution >= 0.6 is 11.6 Å². The van der Waals surface area contributed by atoms with Crippen molar-refractivity contribution >= 4 is 23.2 Å². The van der Waals surface area contributed by atoms with E-state index in [-0.39, 0.29) is 18.0 Å². The molecule has 2 aromatic rings. The van der Waals surface area contributed by atoms with E-state index in [1.807, 2.05) is 0 Å². The third-order valence-corrected chi connectivity index (χ3v) is 2.81.